The van der Waals surface area contributed by atoms with Crippen LogP contribution in [-0.2, 0) is 11.3 Å². The molecule has 2 fully saturated rings. The molecule has 10 heteroatoms. The number of carboxylic acids is 1. The number of aromatic carboxylic acids is 1. The van der Waals surface area contributed by atoms with Gasteiger partial charge in [0.2, 0.25) is 0 Å². The van der Waals surface area contributed by atoms with Crippen LogP contribution in [0.15, 0.2) is 71.3 Å². The van der Waals surface area contributed by atoms with Crippen LogP contribution in [0.2, 0.25) is 0 Å². The number of ketones is 1. The van der Waals surface area contributed by atoms with E-state index < -0.39 is 47.3 Å². The lowest BCUT2D eigenvalue weighted by molar-refractivity contribution is -0.362. The van der Waals surface area contributed by atoms with Gasteiger partial charge in [-0.05, 0) is 96.9 Å². The number of carboxylic acid groups (broad SMARTS) is 1. The number of carbonyl (C=O) groups excluding carboxylic acids is 1. The number of nitrogens with one attached hydrogen (secondary N) is 1. The van der Waals surface area contributed by atoms with Crippen molar-refractivity contribution >= 4 is 17.4 Å². The van der Waals surface area contributed by atoms with Crippen LogP contribution >= 0.6 is 0 Å². The highest BCUT2D eigenvalue weighted by molar-refractivity contribution is 5.93. The van der Waals surface area contributed by atoms with Crippen LogP contribution in [0.4, 0.5) is 27.6 Å². The molecular formula is C34H34F5NO4. The maximum absolute atomic E-state index is 15.2. The second-order valence-corrected chi connectivity index (χ2v) is 12.9. The van der Waals surface area contributed by atoms with Crippen molar-refractivity contribution in [3.05, 3.63) is 88.0 Å². The molecule has 2 aromatic carbocycles. The SMILES string of the molecule is C[C@]12C[C@H](c3ccc(CNc4cccc(C(=O)O)c4)cc3)C3=C4CCC(=O)C=C4CC[C@H]3[C@@H]1CC[C@@]2(O)C(F)(F)C(F)(F)F. The Hall–Kier alpha value is -3.53. The first-order chi connectivity index (χ1) is 20.7. The summed E-state index contributed by atoms with van der Waals surface area (Å²) in [6.45, 7) is 1.79. The van der Waals surface area contributed by atoms with Crippen molar-refractivity contribution < 1.29 is 41.8 Å². The van der Waals surface area contributed by atoms with Crippen LogP contribution in [0, 0.1) is 17.3 Å². The molecule has 3 N–H and O–H groups in total. The first kappa shape index (κ1) is 30.5. The highest BCUT2D eigenvalue weighted by atomic mass is 19.4. The van der Waals surface area contributed by atoms with E-state index in [1.807, 2.05) is 24.3 Å². The molecule has 0 heterocycles. The van der Waals surface area contributed by atoms with Crippen molar-refractivity contribution in [1.82, 2.24) is 0 Å². The highest BCUT2D eigenvalue weighted by Gasteiger charge is 2.79. The van der Waals surface area contributed by atoms with Gasteiger partial charge in [0.25, 0.3) is 0 Å². The minimum Gasteiger partial charge on any atom is -0.478 e. The number of carbonyl (C=O) groups is 2. The highest BCUT2D eigenvalue weighted by Crippen LogP contribution is 2.70. The molecule has 0 aliphatic heterocycles. The van der Waals surface area contributed by atoms with E-state index in [1.54, 1.807) is 18.2 Å². The zero-order valence-electron chi connectivity index (χ0n) is 24.2. The molecule has 4 aliphatic rings. The van der Waals surface area contributed by atoms with Crippen LogP contribution in [0.25, 0.3) is 0 Å². The van der Waals surface area contributed by atoms with Gasteiger partial charge in [0, 0.05) is 30.0 Å². The van der Waals surface area contributed by atoms with Crippen molar-refractivity contribution in [3.63, 3.8) is 0 Å². The third-order valence-corrected chi connectivity index (χ3v) is 10.8. The molecule has 234 valence electrons. The number of benzene rings is 2. The zero-order chi connectivity index (χ0) is 31.7. The molecule has 0 radical (unpaired) electrons. The first-order valence-electron chi connectivity index (χ1n) is 15.0. The largest absolute Gasteiger partial charge is 0.478 e. The lowest BCUT2D eigenvalue weighted by Gasteiger charge is -2.56. The summed E-state index contributed by atoms with van der Waals surface area (Å²) in [6.07, 6.45) is -2.96. The normalized spacial score (nSPS) is 30.3. The van der Waals surface area contributed by atoms with E-state index >= 15 is 8.78 Å². The summed E-state index contributed by atoms with van der Waals surface area (Å²) in [6, 6.07) is 13.8. The van der Waals surface area contributed by atoms with Crippen molar-refractivity contribution in [1.29, 1.82) is 0 Å². The number of hydrogen-bond acceptors (Lipinski definition) is 4. The van der Waals surface area contributed by atoms with Gasteiger partial charge in [-0.25, -0.2) is 4.79 Å². The predicted molar refractivity (Wildman–Crippen MR) is 153 cm³/mol. The Morgan fingerprint density at radius 3 is 2.43 bits per heavy atom. The predicted octanol–water partition coefficient (Wildman–Crippen LogP) is 7.83. The Labute approximate surface area is 251 Å². The van der Waals surface area contributed by atoms with E-state index in [1.165, 1.54) is 19.1 Å². The molecule has 0 bridgehead atoms. The van der Waals surface area contributed by atoms with E-state index in [0.29, 0.717) is 37.9 Å². The number of fused-ring (bicyclic) bond motifs is 4. The number of anilines is 1. The van der Waals surface area contributed by atoms with Gasteiger partial charge in [-0.15, -0.1) is 0 Å². The van der Waals surface area contributed by atoms with Crippen molar-refractivity contribution in [2.24, 2.45) is 17.3 Å². The number of aliphatic hydroxyl groups is 1. The fraction of sp³-hybridized carbons (Fsp3) is 0.471. The summed E-state index contributed by atoms with van der Waals surface area (Å²) in [5.41, 5.74) is 0.411. The molecule has 5 atom stereocenters. The molecule has 0 amide bonds. The third-order valence-electron chi connectivity index (χ3n) is 10.8. The van der Waals surface area contributed by atoms with Crippen LogP contribution < -0.4 is 5.32 Å². The third kappa shape index (κ3) is 4.68. The molecule has 0 unspecified atom stereocenters. The number of rotatable bonds is 6. The minimum atomic E-state index is -5.89. The van der Waals surface area contributed by atoms with Gasteiger partial charge >= 0.3 is 18.1 Å². The zero-order valence-corrected chi connectivity index (χ0v) is 24.2. The fourth-order valence-corrected chi connectivity index (χ4v) is 8.55. The summed E-state index contributed by atoms with van der Waals surface area (Å²) >= 11 is 0. The lowest BCUT2D eigenvalue weighted by Crippen LogP contribution is -2.65. The Morgan fingerprint density at radius 1 is 1.02 bits per heavy atom. The van der Waals surface area contributed by atoms with Crippen molar-refractivity contribution in [2.75, 3.05) is 5.32 Å². The topological polar surface area (TPSA) is 86.6 Å². The Balaban J connectivity index is 1.37. The number of hydrogen-bond donors (Lipinski definition) is 3. The molecule has 44 heavy (non-hydrogen) atoms. The summed E-state index contributed by atoms with van der Waals surface area (Å²) in [7, 11) is 0. The average molecular weight is 616 g/mol. The van der Waals surface area contributed by atoms with Gasteiger partial charge in [-0.3, -0.25) is 4.79 Å². The van der Waals surface area contributed by atoms with Gasteiger partial charge in [-0.1, -0.05) is 42.8 Å². The Bertz CT molecular complexity index is 1560. The summed E-state index contributed by atoms with van der Waals surface area (Å²) in [5.74, 6) is -7.62. The smallest absolute Gasteiger partial charge is 0.456 e. The molecular weight excluding hydrogens is 581 g/mol. The van der Waals surface area contributed by atoms with E-state index in [9.17, 15) is 33.0 Å². The van der Waals surface area contributed by atoms with Gasteiger partial charge < -0.3 is 15.5 Å². The minimum absolute atomic E-state index is 0.0332. The maximum atomic E-state index is 15.2. The molecule has 0 spiro atoms. The number of allylic oxidation sites excluding steroid dienone is 4. The summed E-state index contributed by atoms with van der Waals surface area (Å²) in [5, 5.41) is 23.8. The van der Waals surface area contributed by atoms with E-state index in [-0.39, 0.29) is 30.1 Å². The van der Waals surface area contributed by atoms with Gasteiger partial charge in [-0.2, -0.15) is 22.0 Å². The first-order valence-corrected chi connectivity index (χ1v) is 15.0. The van der Waals surface area contributed by atoms with Crippen LogP contribution in [0.1, 0.15) is 79.3 Å². The van der Waals surface area contributed by atoms with E-state index in [2.05, 4.69) is 5.32 Å². The molecule has 5 nitrogen and oxygen atoms in total. The Kier molecular flexibility index (Phi) is 7.30. The molecule has 2 aromatic rings. The second kappa shape index (κ2) is 10.5. The molecule has 2 saturated carbocycles. The molecule has 6 rings (SSSR count). The maximum Gasteiger partial charge on any atom is 0.456 e. The van der Waals surface area contributed by atoms with E-state index in [0.717, 1.165) is 27.8 Å². The van der Waals surface area contributed by atoms with Gasteiger partial charge in [0.1, 0.15) is 5.60 Å². The van der Waals surface area contributed by atoms with Crippen LogP contribution in [0.3, 0.4) is 0 Å². The molecule has 0 aromatic heterocycles. The average Bonchev–Trinajstić information content (AvgIpc) is 3.26. The van der Waals surface area contributed by atoms with Gasteiger partial charge in [0.05, 0.1) is 5.56 Å². The number of halogens is 5. The second-order valence-electron chi connectivity index (χ2n) is 12.9. The fourth-order valence-electron chi connectivity index (χ4n) is 8.55. The molecule has 0 saturated heterocycles. The lowest BCUT2D eigenvalue weighted by atomic mass is 9.50. The van der Waals surface area contributed by atoms with Crippen molar-refractivity contribution in [3.8, 4) is 0 Å². The van der Waals surface area contributed by atoms with Crippen molar-refractivity contribution in [2.45, 2.75) is 82.0 Å². The van der Waals surface area contributed by atoms with Crippen LogP contribution in [0.5, 0.6) is 0 Å². The quantitative estimate of drug-likeness (QED) is 0.289. The molecule has 4 aliphatic carbocycles. The van der Waals surface area contributed by atoms with Gasteiger partial charge in [0.15, 0.2) is 5.78 Å². The summed E-state index contributed by atoms with van der Waals surface area (Å²) in [4.78, 5) is 23.5. The van der Waals surface area contributed by atoms with E-state index in [4.69, 9.17) is 0 Å². The number of alkyl halides is 5. The monoisotopic (exact) mass is 615 g/mol. The van der Waals surface area contributed by atoms with Crippen LogP contribution in [-0.4, -0.2) is 39.7 Å². The summed E-state index contributed by atoms with van der Waals surface area (Å²) < 4.78 is 71.7. The Morgan fingerprint density at radius 2 is 1.75 bits per heavy atom. The standard InChI is InChI=1S/C34H34F5NO4/c1-31-17-27(20-7-5-19(6-8-20)18-40-23-4-2-3-22(15-23)30(42)43)29-25-12-10-24(41)16-21(25)9-11-26(29)28(31)13-14-32(31,44)33(35,36)34(37,38)39/h2-8,15-16,26-28,40,44H,9-14,17-18H2,1H3,(H,42,43)/t26-,27+,28-,31-,32-/m0/s1.